The van der Waals surface area contributed by atoms with E-state index in [-0.39, 0.29) is 0 Å². The van der Waals surface area contributed by atoms with Crippen LogP contribution in [-0.4, -0.2) is 0 Å². The first-order chi connectivity index (χ1) is 6.33. The lowest BCUT2D eigenvalue weighted by atomic mass is 9.81. The molecule has 0 radical (unpaired) electrons. The van der Waals surface area contributed by atoms with Crippen LogP contribution in [0.3, 0.4) is 0 Å². The Kier molecular flexibility index (Phi) is 12.0. The Morgan fingerprint density at radius 3 is 1.23 bits per heavy atom. The monoisotopic (exact) mass is 186 g/mol. The summed E-state index contributed by atoms with van der Waals surface area (Å²) >= 11 is 0. The fourth-order valence-corrected chi connectivity index (χ4v) is 2.08. The first-order valence-electron chi connectivity index (χ1n) is 6.33. The van der Waals surface area contributed by atoms with Crippen LogP contribution >= 0.6 is 0 Å². The van der Waals surface area contributed by atoms with E-state index in [2.05, 4.69) is 13.8 Å². The Morgan fingerprint density at radius 2 is 1.08 bits per heavy atom. The minimum absolute atomic E-state index is 0.778. The van der Waals surface area contributed by atoms with Crippen molar-refractivity contribution in [3.63, 3.8) is 0 Å². The van der Waals surface area contributed by atoms with Gasteiger partial charge in [-0.15, -0.1) is 0 Å². The van der Waals surface area contributed by atoms with Gasteiger partial charge in [0.1, 0.15) is 0 Å². The predicted octanol–water partition coefficient (Wildman–Crippen LogP) is 5.42. The molecule has 0 heterocycles. The molecular formula is C13H30. The summed E-state index contributed by atoms with van der Waals surface area (Å²) in [7, 11) is 0. The maximum absolute atomic E-state index is 2.34. The SMILES string of the molecule is CC.CC.CCC1(CC)CCCC1. The second kappa shape index (κ2) is 10.1. The van der Waals surface area contributed by atoms with Crippen molar-refractivity contribution in [2.45, 2.75) is 80.1 Å². The van der Waals surface area contributed by atoms with Gasteiger partial charge in [-0.25, -0.2) is 0 Å². The zero-order valence-electron chi connectivity index (χ0n) is 10.7. The fraction of sp³-hybridized carbons (Fsp3) is 1.00. The molecule has 0 bridgehead atoms. The normalized spacial score (nSPS) is 18.0. The highest BCUT2D eigenvalue weighted by Crippen LogP contribution is 2.43. The fourth-order valence-electron chi connectivity index (χ4n) is 2.08. The van der Waals surface area contributed by atoms with E-state index in [9.17, 15) is 0 Å². The van der Waals surface area contributed by atoms with Crippen LogP contribution in [0, 0.1) is 5.41 Å². The van der Waals surface area contributed by atoms with Gasteiger partial charge < -0.3 is 0 Å². The van der Waals surface area contributed by atoms with E-state index >= 15 is 0 Å². The predicted molar refractivity (Wildman–Crippen MR) is 64.2 cm³/mol. The van der Waals surface area contributed by atoms with Crippen LogP contribution in [0.5, 0.6) is 0 Å². The van der Waals surface area contributed by atoms with E-state index in [0.717, 1.165) is 5.41 Å². The van der Waals surface area contributed by atoms with Crippen molar-refractivity contribution in [1.82, 2.24) is 0 Å². The van der Waals surface area contributed by atoms with Gasteiger partial charge in [-0.05, 0) is 18.3 Å². The number of rotatable bonds is 2. The molecule has 0 saturated heterocycles. The molecule has 0 heteroatoms. The molecule has 0 aromatic rings. The molecule has 1 fully saturated rings. The molecule has 1 aliphatic rings. The molecule has 0 amide bonds. The van der Waals surface area contributed by atoms with E-state index < -0.39 is 0 Å². The largest absolute Gasteiger partial charge is 0.0683 e. The van der Waals surface area contributed by atoms with Crippen molar-refractivity contribution in [2.75, 3.05) is 0 Å². The van der Waals surface area contributed by atoms with Crippen LogP contribution in [0.2, 0.25) is 0 Å². The topological polar surface area (TPSA) is 0 Å². The van der Waals surface area contributed by atoms with E-state index in [1.54, 1.807) is 0 Å². The Bertz CT molecular complexity index is 72.0. The van der Waals surface area contributed by atoms with Gasteiger partial charge in [0.05, 0.1) is 0 Å². The summed E-state index contributed by atoms with van der Waals surface area (Å²) in [6, 6.07) is 0. The molecule has 0 nitrogen and oxygen atoms in total. The Balaban J connectivity index is 0. The lowest BCUT2D eigenvalue weighted by Crippen LogP contribution is -2.12. The minimum Gasteiger partial charge on any atom is -0.0683 e. The Hall–Kier alpha value is 0. The van der Waals surface area contributed by atoms with Gasteiger partial charge in [0.15, 0.2) is 0 Å². The van der Waals surface area contributed by atoms with Crippen LogP contribution in [-0.2, 0) is 0 Å². The second-order valence-corrected chi connectivity index (χ2v) is 3.41. The molecule has 1 rings (SSSR count). The zero-order valence-corrected chi connectivity index (χ0v) is 10.7. The Morgan fingerprint density at radius 1 is 0.769 bits per heavy atom. The second-order valence-electron chi connectivity index (χ2n) is 3.41. The summed E-state index contributed by atoms with van der Waals surface area (Å²) in [4.78, 5) is 0. The molecule has 0 aromatic heterocycles. The highest BCUT2D eigenvalue weighted by Gasteiger charge is 2.29. The molecule has 1 aliphatic carbocycles. The standard InChI is InChI=1S/C9H18.2C2H6/c1-3-9(4-2)7-5-6-8-9;2*1-2/h3-8H2,1-2H3;2*1-2H3. The quantitative estimate of drug-likeness (QED) is 0.540. The van der Waals surface area contributed by atoms with Crippen LogP contribution in [0.1, 0.15) is 80.1 Å². The lowest BCUT2D eigenvalue weighted by Gasteiger charge is -2.24. The van der Waals surface area contributed by atoms with Crippen molar-refractivity contribution in [1.29, 1.82) is 0 Å². The molecule has 13 heavy (non-hydrogen) atoms. The van der Waals surface area contributed by atoms with Crippen molar-refractivity contribution in [2.24, 2.45) is 5.41 Å². The maximum Gasteiger partial charge on any atom is -0.0303 e. The van der Waals surface area contributed by atoms with E-state index in [1.165, 1.54) is 38.5 Å². The summed E-state index contributed by atoms with van der Waals surface area (Å²) in [5.41, 5.74) is 0.778. The number of hydrogen-bond donors (Lipinski definition) is 0. The van der Waals surface area contributed by atoms with Gasteiger partial charge in [-0.1, -0.05) is 67.2 Å². The average molecular weight is 186 g/mol. The van der Waals surface area contributed by atoms with Gasteiger partial charge in [0.25, 0.3) is 0 Å². The highest BCUT2D eigenvalue weighted by atomic mass is 14.3. The van der Waals surface area contributed by atoms with E-state index in [4.69, 9.17) is 0 Å². The third-order valence-electron chi connectivity index (χ3n) is 3.16. The van der Waals surface area contributed by atoms with Crippen molar-refractivity contribution in [3.05, 3.63) is 0 Å². The lowest BCUT2D eigenvalue weighted by molar-refractivity contribution is 0.273. The molecular weight excluding hydrogens is 156 g/mol. The summed E-state index contributed by atoms with van der Waals surface area (Å²) in [5, 5.41) is 0. The molecule has 1 saturated carbocycles. The van der Waals surface area contributed by atoms with Gasteiger partial charge in [0, 0.05) is 0 Å². The third-order valence-corrected chi connectivity index (χ3v) is 3.16. The van der Waals surface area contributed by atoms with Crippen molar-refractivity contribution < 1.29 is 0 Å². The summed E-state index contributed by atoms with van der Waals surface area (Å²) in [5.74, 6) is 0. The van der Waals surface area contributed by atoms with Crippen LogP contribution in [0.15, 0.2) is 0 Å². The van der Waals surface area contributed by atoms with Crippen LogP contribution in [0.25, 0.3) is 0 Å². The smallest absolute Gasteiger partial charge is 0.0303 e. The Labute approximate surface area is 86.1 Å². The first-order valence-corrected chi connectivity index (χ1v) is 6.33. The molecule has 0 spiro atoms. The molecule has 0 N–H and O–H groups in total. The first kappa shape index (κ1) is 15.5. The van der Waals surface area contributed by atoms with Crippen LogP contribution in [0.4, 0.5) is 0 Å². The van der Waals surface area contributed by atoms with Gasteiger partial charge in [-0.3, -0.25) is 0 Å². The average Bonchev–Trinajstić information content (AvgIpc) is 2.73. The molecule has 0 unspecified atom stereocenters. The molecule has 82 valence electrons. The molecule has 0 aromatic carbocycles. The summed E-state index contributed by atoms with van der Waals surface area (Å²) in [6.07, 6.45) is 8.79. The zero-order chi connectivity index (χ0) is 10.7. The van der Waals surface area contributed by atoms with Gasteiger partial charge >= 0.3 is 0 Å². The third kappa shape index (κ3) is 5.33. The van der Waals surface area contributed by atoms with E-state index in [1.807, 2.05) is 27.7 Å². The maximum atomic E-state index is 2.34. The van der Waals surface area contributed by atoms with Crippen molar-refractivity contribution >= 4 is 0 Å². The van der Waals surface area contributed by atoms with Crippen molar-refractivity contribution in [3.8, 4) is 0 Å². The van der Waals surface area contributed by atoms with Gasteiger partial charge in [0.2, 0.25) is 0 Å². The molecule has 0 aliphatic heterocycles. The van der Waals surface area contributed by atoms with Crippen LogP contribution < -0.4 is 0 Å². The van der Waals surface area contributed by atoms with Gasteiger partial charge in [-0.2, -0.15) is 0 Å². The highest BCUT2D eigenvalue weighted by molar-refractivity contribution is 4.81. The molecule has 0 atom stereocenters. The number of hydrogen-bond acceptors (Lipinski definition) is 0. The summed E-state index contributed by atoms with van der Waals surface area (Å²) in [6.45, 7) is 12.7. The minimum atomic E-state index is 0.778. The summed E-state index contributed by atoms with van der Waals surface area (Å²) < 4.78 is 0. The van der Waals surface area contributed by atoms with E-state index in [0.29, 0.717) is 0 Å².